The number of unbranched alkanes of at least 4 members (excludes halogenated alkanes) is 1. The fourth-order valence-electron chi connectivity index (χ4n) is 3.92. The second-order valence-corrected chi connectivity index (χ2v) is 8.88. The van der Waals surface area contributed by atoms with Crippen molar-refractivity contribution in [1.29, 1.82) is 0 Å². The summed E-state index contributed by atoms with van der Waals surface area (Å²) >= 11 is 0. The van der Waals surface area contributed by atoms with Crippen molar-refractivity contribution in [3.63, 3.8) is 0 Å². The first kappa shape index (κ1) is 16.7. The predicted octanol–water partition coefficient (Wildman–Crippen LogP) is 5.73. The van der Waals surface area contributed by atoms with Gasteiger partial charge in [0, 0.05) is 14.2 Å². The molecule has 0 unspecified atom stereocenters. The Labute approximate surface area is 138 Å². The molecule has 0 aromatic heterocycles. The Bertz CT molecular complexity index is 729. The van der Waals surface area contributed by atoms with Crippen LogP contribution in [0.5, 0.6) is 0 Å². The van der Waals surface area contributed by atoms with Crippen molar-refractivity contribution in [2.45, 2.75) is 37.8 Å². The highest BCUT2D eigenvalue weighted by atomic mass is 31.2. The number of rotatable bonds is 7. The SMILES string of the molecule is CCCC[C@@H]1C[C@]1(c1cccc2ccccc12)P(=O)(OC)OC. The maximum absolute atomic E-state index is 13.4. The Balaban J connectivity index is 2.15. The van der Waals surface area contributed by atoms with Crippen LogP contribution in [0.4, 0.5) is 0 Å². The standard InChI is InChI=1S/C19H25O3P/c1-4-5-11-16-14-19(16,23(20,21-2)22-3)18-13-8-10-15-9-6-7-12-17(15)18/h6-10,12-13,16H,4-5,11,14H2,1-3H3/t16-,19+/m1/s1. The van der Waals surface area contributed by atoms with Crippen molar-refractivity contribution >= 4 is 18.4 Å². The Morgan fingerprint density at radius 3 is 2.52 bits per heavy atom. The van der Waals surface area contributed by atoms with Gasteiger partial charge in [0.1, 0.15) is 5.16 Å². The van der Waals surface area contributed by atoms with Crippen LogP contribution < -0.4 is 0 Å². The highest BCUT2D eigenvalue weighted by Crippen LogP contribution is 2.80. The van der Waals surface area contributed by atoms with Gasteiger partial charge in [-0.05, 0) is 35.1 Å². The second-order valence-electron chi connectivity index (χ2n) is 6.36. The van der Waals surface area contributed by atoms with Gasteiger partial charge in [0.05, 0.1) is 0 Å². The first-order valence-corrected chi connectivity index (χ1v) is 9.87. The van der Waals surface area contributed by atoms with Gasteiger partial charge in [0.2, 0.25) is 0 Å². The lowest BCUT2D eigenvalue weighted by Gasteiger charge is -2.27. The second kappa shape index (κ2) is 6.39. The maximum Gasteiger partial charge on any atom is 0.340 e. The Hall–Kier alpha value is -1.15. The summed E-state index contributed by atoms with van der Waals surface area (Å²) in [4.78, 5) is 0. The van der Waals surface area contributed by atoms with Crippen molar-refractivity contribution in [2.24, 2.45) is 5.92 Å². The van der Waals surface area contributed by atoms with Crippen molar-refractivity contribution in [3.05, 3.63) is 48.0 Å². The average Bonchev–Trinajstić information content (AvgIpc) is 3.34. The summed E-state index contributed by atoms with van der Waals surface area (Å²) in [6.07, 6.45) is 4.23. The van der Waals surface area contributed by atoms with Crippen LogP contribution in [0.2, 0.25) is 0 Å². The molecule has 1 aliphatic rings. The molecule has 0 heterocycles. The van der Waals surface area contributed by atoms with E-state index >= 15 is 0 Å². The van der Waals surface area contributed by atoms with Gasteiger partial charge in [-0.3, -0.25) is 4.57 Å². The molecule has 1 fully saturated rings. The molecule has 0 aliphatic heterocycles. The summed E-state index contributed by atoms with van der Waals surface area (Å²) < 4.78 is 24.3. The van der Waals surface area contributed by atoms with Gasteiger partial charge in [-0.2, -0.15) is 0 Å². The molecule has 3 rings (SSSR count). The van der Waals surface area contributed by atoms with Gasteiger partial charge < -0.3 is 9.05 Å². The van der Waals surface area contributed by atoms with E-state index in [1.54, 1.807) is 0 Å². The zero-order valence-electron chi connectivity index (χ0n) is 14.1. The molecule has 1 aliphatic carbocycles. The maximum atomic E-state index is 13.4. The van der Waals surface area contributed by atoms with Crippen molar-refractivity contribution in [3.8, 4) is 0 Å². The van der Waals surface area contributed by atoms with Crippen LogP contribution in [-0.4, -0.2) is 14.2 Å². The topological polar surface area (TPSA) is 35.5 Å². The van der Waals surface area contributed by atoms with Gasteiger partial charge in [-0.25, -0.2) is 0 Å². The molecule has 23 heavy (non-hydrogen) atoms. The van der Waals surface area contributed by atoms with Gasteiger partial charge in [0.25, 0.3) is 0 Å². The Morgan fingerprint density at radius 2 is 1.83 bits per heavy atom. The normalized spacial score (nSPS) is 24.0. The average molecular weight is 332 g/mol. The van der Waals surface area contributed by atoms with Crippen LogP contribution in [-0.2, 0) is 18.8 Å². The van der Waals surface area contributed by atoms with Crippen LogP contribution in [0.25, 0.3) is 10.8 Å². The quantitative estimate of drug-likeness (QED) is 0.607. The van der Waals surface area contributed by atoms with E-state index in [0.717, 1.165) is 36.6 Å². The van der Waals surface area contributed by atoms with E-state index in [0.29, 0.717) is 5.92 Å². The highest BCUT2D eigenvalue weighted by Gasteiger charge is 2.68. The minimum absolute atomic E-state index is 0.360. The number of hydrogen-bond acceptors (Lipinski definition) is 3. The minimum Gasteiger partial charge on any atom is -0.311 e. The van der Waals surface area contributed by atoms with E-state index in [1.165, 1.54) is 19.6 Å². The van der Waals surface area contributed by atoms with Crippen molar-refractivity contribution in [2.75, 3.05) is 14.2 Å². The summed E-state index contributed by atoms with van der Waals surface area (Å²) in [6, 6.07) is 14.5. The van der Waals surface area contributed by atoms with Crippen LogP contribution in [0.3, 0.4) is 0 Å². The molecule has 0 radical (unpaired) electrons. The largest absolute Gasteiger partial charge is 0.340 e. The first-order chi connectivity index (χ1) is 11.1. The third-order valence-corrected chi connectivity index (χ3v) is 7.93. The van der Waals surface area contributed by atoms with Gasteiger partial charge >= 0.3 is 7.60 Å². The van der Waals surface area contributed by atoms with Crippen LogP contribution in [0.15, 0.2) is 42.5 Å². The molecule has 1 saturated carbocycles. The molecule has 0 amide bonds. The zero-order chi connectivity index (χ0) is 16.5. The van der Waals surface area contributed by atoms with E-state index in [2.05, 4.69) is 31.2 Å². The molecule has 0 N–H and O–H groups in total. The van der Waals surface area contributed by atoms with Gasteiger partial charge in [-0.1, -0.05) is 62.2 Å². The lowest BCUT2D eigenvalue weighted by molar-refractivity contribution is 0.259. The Morgan fingerprint density at radius 1 is 1.13 bits per heavy atom. The van der Waals surface area contributed by atoms with Crippen LogP contribution >= 0.6 is 7.60 Å². The third-order valence-electron chi connectivity index (χ3n) is 5.20. The first-order valence-electron chi connectivity index (χ1n) is 8.33. The molecule has 2 atom stereocenters. The number of benzene rings is 2. The molecule has 3 nitrogen and oxygen atoms in total. The zero-order valence-corrected chi connectivity index (χ0v) is 15.0. The molecular weight excluding hydrogens is 307 g/mol. The minimum atomic E-state index is -3.20. The van der Waals surface area contributed by atoms with Crippen LogP contribution in [0.1, 0.15) is 38.2 Å². The van der Waals surface area contributed by atoms with E-state index in [-0.39, 0.29) is 0 Å². The van der Waals surface area contributed by atoms with Crippen LogP contribution in [0, 0.1) is 5.92 Å². The molecule has 124 valence electrons. The van der Waals surface area contributed by atoms with Gasteiger partial charge in [-0.15, -0.1) is 0 Å². The van der Waals surface area contributed by atoms with E-state index in [1.807, 2.05) is 18.2 Å². The van der Waals surface area contributed by atoms with Crippen molar-refractivity contribution < 1.29 is 13.6 Å². The molecule has 0 saturated heterocycles. The van der Waals surface area contributed by atoms with E-state index in [9.17, 15) is 4.57 Å². The molecule has 0 bridgehead atoms. The molecule has 0 spiro atoms. The summed E-state index contributed by atoms with van der Waals surface area (Å²) in [5, 5.41) is 1.83. The third kappa shape index (κ3) is 2.55. The summed E-state index contributed by atoms with van der Waals surface area (Å²) in [7, 11) is -0.183. The van der Waals surface area contributed by atoms with E-state index < -0.39 is 12.8 Å². The fourth-order valence-corrected chi connectivity index (χ4v) is 6.24. The summed E-state index contributed by atoms with van der Waals surface area (Å²) in [6.45, 7) is 2.19. The number of hydrogen-bond donors (Lipinski definition) is 0. The summed E-state index contributed by atoms with van der Waals surface area (Å²) in [5.74, 6) is 0.360. The number of fused-ring (bicyclic) bond motifs is 1. The molecule has 4 heteroatoms. The predicted molar refractivity (Wildman–Crippen MR) is 94.9 cm³/mol. The molecular formula is C19H25O3P. The molecule has 2 aromatic rings. The summed E-state index contributed by atoms with van der Waals surface area (Å²) in [5.41, 5.74) is 1.11. The van der Waals surface area contributed by atoms with Gasteiger partial charge in [0.15, 0.2) is 0 Å². The monoisotopic (exact) mass is 332 g/mol. The fraction of sp³-hybridized carbons (Fsp3) is 0.474. The van der Waals surface area contributed by atoms with Crippen molar-refractivity contribution in [1.82, 2.24) is 0 Å². The highest BCUT2D eigenvalue weighted by molar-refractivity contribution is 7.55. The lowest BCUT2D eigenvalue weighted by Crippen LogP contribution is -2.14. The Kier molecular flexibility index (Phi) is 4.64. The molecule has 2 aromatic carbocycles. The lowest BCUT2D eigenvalue weighted by atomic mass is 9.98. The smallest absolute Gasteiger partial charge is 0.311 e. The van der Waals surface area contributed by atoms with E-state index in [4.69, 9.17) is 9.05 Å².